The van der Waals surface area contributed by atoms with Crippen molar-refractivity contribution in [1.82, 2.24) is 9.88 Å². The first-order valence-electron chi connectivity index (χ1n) is 8.46. The number of rotatable bonds is 6. The van der Waals surface area contributed by atoms with Crippen LogP contribution in [0.15, 0.2) is 59.5 Å². The van der Waals surface area contributed by atoms with Gasteiger partial charge in [-0.25, -0.2) is 13.4 Å². The predicted octanol–water partition coefficient (Wildman–Crippen LogP) is 4.00. The van der Waals surface area contributed by atoms with Crippen molar-refractivity contribution >= 4 is 26.6 Å². The number of aromatic nitrogens is 1. The Bertz CT molecular complexity index is 1130. The molecule has 0 saturated carbocycles. The highest BCUT2D eigenvalue weighted by molar-refractivity contribution is 7.92. The lowest BCUT2D eigenvalue weighted by Gasteiger charge is -2.15. The molecule has 0 aliphatic carbocycles. The normalized spacial score (nSPS) is 12.3. The third kappa shape index (κ3) is 5.15. The Labute approximate surface area is 166 Å². The van der Waals surface area contributed by atoms with Crippen LogP contribution in [-0.4, -0.2) is 38.8 Å². The number of nitrogens with one attached hydrogen (secondary N) is 1. The summed E-state index contributed by atoms with van der Waals surface area (Å²) in [7, 11) is -0.623. The topological polar surface area (TPSA) is 71.5 Å². The van der Waals surface area contributed by atoms with Gasteiger partial charge in [-0.15, -0.1) is 13.2 Å². The fourth-order valence-electron chi connectivity index (χ4n) is 2.76. The van der Waals surface area contributed by atoms with Crippen LogP contribution in [0.25, 0.3) is 10.9 Å². The van der Waals surface area contributed by atoms with Crippen LogP contribution in [0.3, 0.4) is 0 Å². The summed E-state index contributed by atoms with van der Waals surface area (Å²) < 4.78 is 69.8. The Kier molecular flexibility index (Phi) is 5.67. The zero-order valence-corrected chi connectivity index (χ0v) is 16.4. The molecule has 0 saturated heterocycles. The fraction of sp³-hybridized carbons (Fsp3) is 0.211. The van der Waals surface area contributed by atoms with E-state index in [0.29, 0.717) is 17.4 Å². The van der Waals surface area contributed by atoms with E-state index in [4.69, 9.17) is 0 Å². The van der Waals surface area contributed by atoms with Gasteiger partial charge >= 0.3 is 6.36 Å². The number of hydrogen-bond donors (Lipinski definition) is 1. The predicted molar refractivity (Wildman–Crippen MR) is 103 cm³/mol. The highest BCUT2D eigenvalue weighted by Gasteiger charge is 2.34. The van der Waals surface area contributed by atoms with Crippen molar-refractivity contribution in [2.45, 2.75) is 17.8 Å². The molecule has 2 aromatic carbocycles. The standard InChI is InChI=1S/C19H18F3N3O3S/c1-25(2)12-14-11-10-13-6-5-7-15(18(13)23-14)24-29(26,27)17-9-4-3-8-16(17)28-19(20,21)22/h3-11,24H,12H2,1-2H3. The van der Waals surface area contributed by atoms with E-state index >= 15 is 0 Å². The second-order valence-corrected chi connectivity index (χ2v) is 8.17. The molecule has 29 heavy (non-hydrogen) atoms. The summed E-state index contributed by atoms with van der Waals surface area (Å²) in [4.78, 5) is 5.78. The minimum atomic E-state index is -5.02. The van der Waals surface area contributed by atoms with Crippen molar-refractivity contribution < 1.29 is 26.3 Å². The molecule has 1 heterocycles. The van der Waals surface area contributed by atoms with E-state index < -0.39 is 27.0 Å². The van der Waals surface area contributed by atoms with Gasteiger partial charge in [-0.3, -0.25) is 4.72 Å². The Balaban J connectivity index is 2.02. The largest absolute Gasteiger partial charge is 0.573 e. The molecule has 0 unspecified atom stereocenters. The molecule has 1 aromatic heterocycles. The number of nitrogens with zero attached hydrogens (tertiary/aromatic N) is 2. The number of ether oxygens (including phenoxy) is 1. The van der Waals surface area contributed by atoms with E-state index in [1.54, 1.807) is 18.2 Å². The lowest BCUT2D eigenvalue weighted by atomic mass is 10.2. The molecule has 0 fully saturated rings. The van der Waals surface area contributed by atoms with Crippen LogP contribution >= 0.6 is 0 Å². The summed E-state index contributed by atoms with van der Waals surface area (Å²) in [6, 6.07) is 13.1. The molecule has 0 amide bonds. The average Bonchev–Trinajstić information content (AvgIpc) is 2.60. The molecule has 10 heteroatoms. The summed E-state index contributed by atoms with van der Waals surface area (Å²) in [6.07, 6.45) is -5.02. The SMILES string of the molecule is CN(C)Cc1ccc2cccc(NS(=O)(=O)c3ccccc3OC(F)(F)F)c2n1. The molecule has 3 rings (SSSR count). The maximum atomic E-state index is 12.8. The molecule has 3 aromatic rings. The van der Waals surface area contributed by atoms with Crippen molar-refractivity contribution in [3.05, 3.63) is 60.3 Å². The van der Waals surface area contributed by atoms with Crippen LogP contribution in [0.2, 0.25) is 0 Å². The van der Waals surface area contributed by atoms with Crippen LogP contribution in [0.5, 0.6) is 5.75 Å². The Hall–Kier alpha value is -2.85. The summed E-state index contributed by atoms with van der Waals surface area (Å²) in [5.41, 5.74) is 1.27. The number of para-hydroxylation sites is 2. The van der Waals surface area contributed by atoms with Crippen LogP contribution in [0, 0.1) is 0 Å². The van der Waals surface area contributed by atoms with Crippen LogP contribution in [-0.2, 0) is 16.6 Å². The number of sulfonamides is 1. The van der Waals surface area contributed by atoms with Crippen molar-refractivity contribution in [2.24, 2.45) is 0 Å². The molecule has 1 N–H and O–H groups in total. The van der Waals surface area contributed by atoms with Gasteiger partial charge in [0, 0.05) is 11.9 Å². The van der Waals surface area contributed by atoms with Crippen molar-refractivity contribution in [1.29, 1.82) is 0 Å². The van der Waals surface area contributed by atoms with E-state index in [-0.39, 0.29) is 5.69 Å². The first-order chi connectivity index (χ1) is 13.5. The highest BCUT2D eigenvalue weighted by atomic mass is 32.2. The fourth-order valence-corrected chi connectivity index (χ4v) is 3.96. The molecule has 0 spiro atoms. The van der Waals surface area contributed by atoms with E-state index in [2.05, 4.69) is 14.4 Å². The highest BCUT2D eigenvalue weighted by Crippen LogP contribution is 2.32. The number of alkyl halides is 3. The Morgan fingerprint density at radius 1 is 1.03 bits per heavy atom. The first kappa shape index (κ1) is 20.9. The number of fused-ring (bicyclic) bond motifs is 1. The van der Waals surface area contributed by atoms with Crippen molar-refractivity contribution in [3.63, 3.8) is 0 Å². The summed E-state index contributed by atoms with van der Waals surface area (Å²) in [5.74, 6) is -0.811. The Morgan fingerprint density at radius 3 is 2.45 bits per heavy atom. The minimum absolute atomic E-state index is 0.157. The van der Waals surface area contributed by atoms with E-state index in [9.17, 15) is 21.6 Å². The molecule has 6 nitrogen and oxygen atoms in total. The number of pyridine rings is 1. The van der Waals surface area contributed by atoms with E-state index in [0.717, 1.165) is 17.8 Å². The molecule has 0 bridgehead atoms. The van der Waals surface area contributed by atoms with Gasteiger partial charge in [0.2, 0.25) is 0 Å². The van der Waals surface area contributed by atoms with Gasteiger partial charge in [0.1, 0.15) is 10.6 Å². The van der Waals surface area contributed by atoms with Crippen molar-refractivity contribution in [3.8, 4) is 5.75 Å². The summed E-state index contributed by atoms with van der Waals surface area (Å²) >= 11 is 0. The summed E-state index contributed by atoms with van der Waals surface area (Å²) in [5, 5.41) is 0.688. The first-order valence-corrected chi connectivity index (χ1v) is 9.94. The molecule has 0 aliphatic heterocycles. The third-order valence-corrected chi connectivity index (χ3v) is 5.27. The molecule has 0 aliphatic rings. The van der Waals surface area contributed by atoms with E-state index in [1.807, 2.05) is 25.1 Å². The van der Waals surface area contributed by atoms with Gasteiger partial charge in [-0.05, 0) is 38.4 Å². The van der Waals surface area contributed by atoms with Gasteiger partial charge in [-0.1, -0.05) is 30.3 Å². The number of anilines is 1. The third-order valence-electron chi connectivity index (χ3n) is 3.86. The lowest BCUT2D eigenvalue weighted by molar-refractivity contribution is -0.275. The second kappa shape index (κ2) is 7.88. The zero-order chi connectivity index (χ0) is 21.2. The number of halogens is 3. The van der Waals surface area contributed by atoms with Gasteiger partial charge in [-0.2, -0.15) is 0 Å². The molecule has 0 atom stereocenters. The smallest absolute Gasteiger partial charge is 0.404 e. The lowest BCUT2D eigenvalue weighted by Crippen LogP contribution is -2.21. The van der Waals surface area contributed by atoms with Gasteiger partial charge in [0.15, 0.2) is 0 Å². The number of benzene rings is 2. The maximum Gasteiger partial charge on any atom is 0.573 e. The van der Waals surface area contributed by atoms with Gasteiger partial charge in [0.25, 0.3) is 10.0 Å². The molecular weight excluding hydrogens is 407 g/mol. The molecular formula is C19H18F3N3O3S. The molecule has 0 radical (unpaired) electrons. The maximum absolute atomic E-state index is 12.8. The second-order valence-electron chi connectivity index (χ2n) is 6.52. The van der Waals surface area contributed by atoms with Crippen LogP contribution < -0.4 is 9.46 Å². The minimum Gasteiger partial charge on any atom is -0.404 e. The summed E-state index contributed by atoms with van der Waals surface area (Å²) in [6.45, 7) is 0.541. The Morgan fingerprint density at radius 2 is 1.76 bits per heavy atom. The van der Waals surface area contributed by atoms with Gasteiger partial charge in [0.05, 0.1) is 16.9 Å². The zero-order valence-electron chi connectivity index (χ0n) is 15.6. The van der Waals surface area contributed by atoms with Gasteiger partial charge < -0.3 is 9.64 Å². The average molecular weight is 425 g/mol. The molecule has 154 valence electrons. The van der Waals surface area contributed by atoms with Crippen LogP contribution in [0.1, 0.15) is 5.69 Å². The monoisotopic (exact) mass is 425 g/mol. The van der Waals surface area contributed by atoms with E-state index in [1.165, 1.54) is 18.2 Å². The van der Waals surface area contributed by atoms with Crippen molar-refractivity contribution in [2.75, 3.05) is 18.8 Å². The number of hydrogen-bond acceptors (Lipinski definition) is 5. The quantitative estimate of drug-likeness (QED) is 0.647. The van der Waals surface area contributed by atoms with Crippen LogP contribution in [0.4, 0.5) is 18.9 Å².